The van der Waals surface area contributed by atoms with E-state index in [4.69, 9.17) is 9.47 Å². The van der Waals surface area contributed by atoms with Crippen molar-refractivity contribution >= 4 is 21.9 Å². The van der Waals surface area contributed by atoms with Gasteiger partial charge in [-0.05, 0) is 74.6 Å². The normalized spacial score (nSPS) is 10.5. The lowest BCUT2D eigenvalue weighted by Gasteiger charge is -2.15. The van der Waals surface area contributed by atoms with Gasteiger partial charge in [0.1, 0.15) is 11.5 Å². The monoisotopic (exact) mass is 376 g/mol. The van der Waals surface area contributed by atoms with Gasteiger partial charge in [0.2, 0.25) is 0 Å². The molecule has 23 heavy (non-hydrogen) atoms. The van der Waals surface area contributed by atoms with Gasteiger partial charge in [-0.25, -0.2) is 4.79 Å². The zero-order valence-electron chi connectivity index (χ0n) is 14.1. The van der Waals surface area contributed by atoms with Gasteiger partial charge in [0.05, 0.1) is 0 Å². The van der Waals surface area contributed by atoms with Gasteiger partial charge in [0.15, 0.2) is 6.61 Å². The molecule has 2 rings (SSSR count). The van der Waals surface area contributed by atoms with Crippen molar-refractivity contribution in [2.45, 2.75) is 34.6 Å². The number of rotatable bonds is 4. The largest absolute Gasteiger partial charge is 0.481 e. The third-order valence-electron chi connectivity index (χ3n) is 3.85. The van der Waals surface area contributed by atoms with Crippen molar-refractivity contribution in [3.63, 3.8) is 0 Å². The average molecular weight is 377 g/mol. The number of esters is 1. The molecule has 2 aromatic carbocycles. The van der Waals surface area contributed by atoms with Crippen LogP contribution < -0.4 is 9.47 Å². The number of benzene rings is 2. The molecule has 0 unspecified atom stereocenters. The molecular formula is C19H21BrO3. The maximum absolute atomic E-state index is 12.1. The van der Waals surface area contributed by atoms with Crippen molar-refractivity contribution in [1.82, 2.24) is 0 Å². The van der Waals surface area contributed by atoms with E-state index in [-0.39, 0.29) is 6.61 Å². The highest BCUT2D eigenvalue weighted by molar-refractivity contribution is 9.10. The molecule has 0 aliphatic heterocycles. The number of hydrogen-bond acceptors (Lipinski definition) is 3. The fourth-order valence-corrected chi connectivity index (χ4v) is 3.17. The lowest BCUT2D eigenvalue weighted by atomic mass is 10.1. The lowest BCUT2D eigenvalue weighted by molar-refractivity contribution is -0.136. The van der Waals surface area contributed by atoms with Gasteiger partial charge in [0.25, 0.3) is 0 Å². The van der Waals surface area contributed by atoms with Crippen LogP contribution in [0, 0.1) is 34.6 Å². The first-order valence-corrected chi connectivity index (χ1v) is 8.26. The molecule has 0 amide bonds. The standard InChI is InChI=1S/C19H21BrO3/c1-11-6-7-12(2)19(15(11)5)22-10-17(21)23-18-13(3)8-16(20)9-14(18)4/h6-9H,10H2,1-5H3. The highest BCUT2D eigenvalue weighted by Crippen LogP contribution is 2.28. The molecule has 0 aliphatic rings. The summed E-state index contributed by atoms with van der Waals surface area (Å²) >= 11 is 3.43. The van der Waals surface area contributed by atoms with E-state index >= 15 is 0 Å². The zero-order valence-corrected chi connectivity index (χ0v) is 15.7. The second-order valence-electron chi connectivity index (χ2n) is 5.78. The molecule has 0 bridgehead atoms. The molecule has 0 spiro atoms. The van der Waals surface area contributed by atoms with Crippen LogP contribution in [0.5, 0.6) is 11.5 Å². The highest BCUT2D eigenvalue weighted by atomic mass is 79.9. The van der Waals surface area contributed by atoms with Crippen LogP contribution >= 0.6 is 15.9 Å². The minimum atomic E-state index is -0.404. The van der Waals surface area contributed by atoms with E-state index in [1.54, 1.807) is 0 Å². The second-order valence-corrected chi connectivity index (χ2v) is 6.70. The third kappa shape index (κ3) is 4.14. The molecule has 0 aromatic heterocycles. The maximum Gasteiger partial charge on any atom is 0.349 e. The first-order valence-electron chi connectivity index (χ1n) is 7.46. The zero-order chi connectivity index (χ0) is 17.1. The number of carbonyl (C=O) groups excluding carboxylic acids is 1. The molecule has 0 heterocycles. The molecule has 2 aromatic rings. The van der Waals surface area contributed by atoms with Crippen molar-refractivity contribution < 1.29 is 14.3 Å². The minimum absolute atomic E-state index is 0.111. The van der Waals surface area contributed by atoms with E-state index in [1.165, 1.54) is 0 Å². The Bertz CT molecular complexity index is 728. The lowest BCUT2D eigenvalue weighted by Crippen LogP contribution is -2.19. The van der Waals surface area contributed by atoms with Crippen LogP contribution in [-0.2, 0) is 4.79 Å². The van der Waals surface area contributed by atoms with Crippen LogP contribution in [0.3, 0.4) is 0 Å². The summed E-state index contributed by atoms with van der Waals surface area (Å²) in [6, 6.07) is 7.88. The Hall–Kier alpha value is -1.81. The van der Waals surface area contributed by atoms with Crippen LogP contribution in [-0.4, -0.2) is 12.6 Å². The Morgan fingerprint density at radius 2 is 1.48 bits per heavy atom. The van der Waals surface area contributed by atoms with E-state index in [0.29, 0.717) is 5.75 Å². The van der Waals surface area contributed by atoms with Crippen LogP contribution in [0.1, 0.15) is 27.8 Å². The topological polar surface area (TPSA) is 35.5 Å². The van der Waals surface area contributed by atoms with Gasteiger partial charge in [-0.2, -0.15) is 0 Å². The van der Waals surface area contributed by atoms with Crippen LogP contribution in [0.25, 0.3) is 0 Å². The summed E-state index contributed by atoms with van der Waals surface area (Å²) in [6.07, 6.45) is 0. The minimum Gasteiger partial charge on any atom is -0.481 e. The first-order chi connectivity index (χ1) is 10.8. The molecule has 3 nitrogen and oxygen atoms in total. The van der Waals surface area contributed by atoms with Crippen molar-refractivity contribution in [3.8, 4) is 11.5 Å². The maximum atomic E-state index is 12.1. The van der Waals surface area contributed by atoms with Crippen molar-refractivity contribution in [1.29, 1.82) is 0 Å². The Labute approximate surface area is 145 Å². The van der Waals surface area contributed by atoms with Gasteiger partial charge in [-0.3, -0.25) is 0 Å². The van der Waals surface area contributed by atoms with Gasteiger partial charge in [-0.15, -0.1) is 0 Å². The van der Waals surface area contributed by atoms with Crippen LogP contribution in [0.15, 0.2) is 28.7 Å². The highest BCUT2D eigenvalue weighted by Gasteiger charge is 2.13. The Morgan fingerprint density at radius 3 is 2.09 bits per heavy atom. The molecule has 0 saturated heterocycles. The summed E-state index contributed by atoms with van der Waals surface area (Å²) in [7, 11) is 0. The third-order valence-corrected chi connectivity index (χ3v) is 4.31. The molecule has 0 fully saturated rings. The number of carbonyl (C=O) groups is 1. The summed E-state index contributed by atoms with van der Waals surface area (Å²) in [5.74, 6) is 0.949. The summed E-state index contributed by atoms with van der Waals surface area (Å²) < 4.78 is 12.1. The second kappa shape index (κ2) is 7.18. The van der Waals surface area contributed by atoms with Crippen molar-refractivity contribution in [2.24, 2.45) is 0 Å². The van der Waals surface area contributed by atoms with E-state index in [0.717, 1.165) is 38.0 Å². The number of aryl methyl sites for hydroxylation is 4. The predicted octanol–water partition coefficient (Wildman–Crippen LogP) is 4.98. The fourth-order valence-electron chi connectivity index (χ4n) is 2.48. The van der Waals surface area contributed by atoms with Crippen molar-refractivity contribution in [2.75, 3.05) is 6.61 Å². The van der Waals surface area contributed by atoms with Gasteiger partial charge >= 0.3 is 5.97 Å². The molecule has 0 radical (unpaired) electrons. The Kier molecular flexibility index (Phi) is 5.47. The SMILES string of the molecule is Cc1ccc(C)c(OCC(=O)Oc2c(C)cc(Br)cc2C)c1C. The summed E-state index contributed by atoms with van der Waals surface area (Å²) in [4.78, 5) is 12.1. The number of halogens is 1. The van der Waals surface area contributed by atoms with E-state index in [1.807, 2.05) is 58.9 Å². The molecule has 122 valence electrons. The van der Waals surface area contributed by atoms with Crippen molar-refractivity contribution in [3.05, 3.63) is 56.6 Å². The van der Waals surface area contributed by atoms with Gasteiger partial charge in [-0.1, -0.05) is 28.1 Å². The number of hydrogen-bond donors (Lipinski definition) is 0. The molecule has 0 aliphatic carbocycles. The molecule has 4 heteroatoms. The quantitative estimate of drug-likeness (QED) is 0.557. The van der Waals surface area contributed by atoms with E-state index < -0.39 is 5.97 Å². The van der Waals surface area contributed by atoms with Crippen LogP contribution in [0.4, 0.5) is 0 Å². The summed E-state index contributed by atoms with van der Waals surface area (Å²) in [5.41, 5.74) is 5.02. The van der Waals surface area contributed by atoms with Gasteiger partial charge < -0.3 is 9.47 Å². The summed E-state index contributed by atoms with van der Waals surface area (Å²) in [6.45, 7) is 9.70. The molecule has 0 atom stereocenters. The van der Waals surface area contributed by atoms with E-state index in [2.05, 4.69) is 15.9 Å². The number of ether oxygens (including phenoxy) is 2. The van der Waals surface area contributed by atoms with Gasteiger partial charge in [0, 0.05) is 4.47 Å². The smallest absolute Gasteiger partial charge is 0.349 e. The average Bonchev–Trinajstić information content (AvgIpc) is 2.47. The molecule has 0 saturated carbocycles. The Morgan fingerprint density at radius 1 is 0.913 bits per heavy atom. The predicted molar refractivity (Wildman–Crippen MR) is 95.4 cm³/mol. The molecule has 0 N–H and O–H groups in total. The Balaban J connectivity index is 2.09. The summed E-state index contributed by atoms with van der Waals surface area (Å²) in [5, 5.41) is 0. The first kappa shape index (κ1) is 17.5. The van der Waals surface area contributed by atoms with E-state index in [9.17, 15) is 4.79 Å². The fraction of sp³-hybridized carbons (Fsp3) is 0.316. The van der Waals surface area contributed by atoms with Crippen LogP contribution in [0.2, 0.25) is 0 Å². The molecular weight excluding hydrogens is 356 g/mol.